The summed E-state index contributed by atoms with van der Waals surface area (Å²) < 4.78 is 9.97. The zero-order chi connectivity index (χ0) is 11.5. The van der Waals surface area contributed by atoms with Crippen LogP contribution in [-0.4, -0.2) is 29.5 Å². The molecule has 0 aliphatic heterocycles. The number of ether oxygens (including phenoxy) is 1. The third-order valence-electron chi connectivity index (χ3n) is 2.14. The van der Waals surface area contributed by atoms with Crippen molar-refractivity contribution < 1.29 is 19.4 Å². The van der Waals surface area contributed by atoms with Gasteiger partial charge in [-0.15, -0.1) is 0 Å². The van der Waals surface area contributed by atoms with E-state index in [0.717, 1.165) is 10.9 Å². The van der Waals surface area contributed by atoms with Gasteiger partial charge in [0.1, 0.15) is 5.75 Å². The van der Waals surface area contributed by atoms with Crippen molar-refractivity contribution >= 4 is 18.2 Å². The molecule has 0 aliphatic rings. The van der Waals surface area contributed by atoms with Gasteiger partial charge in [0, 0.05) is 11.6 Å². The van der Waals surface area contributed by atoms with Crippen LogP contribution in [0.25, 0.3) is 10.9 Å². The molecule has 82 valence electrons. The topological polar surface area (TPSA) is 71.8 Å². The van der Waals surface area contributed by atoms with Gasteiger partial charge in [-0.3, -0.25) is 4.98 Å². The van der Waals surface area contributed by atoms with Gasteiger partial charge in [-0.25, -0.2) is 0 Å². The molecule has 0 bridgehead atoms. The molecule has 6 heteroatoms. The van der Waals surface area contributed by atoms with Crippen molar-refractivity contribution in [2.45, 2.75) is 0 Å². The number of benzene rings is 1. The summed E-state index contributed by atoms with van der Waals surface area (Å²) in [5.74, 6) is 0.691. The first kappa shape index (κ1) is 10.7. The summed E-state index contributed by atoms with van der Waals surface area (Å²) in [6.07, 6.45) is 1.67. The lowest BCUT2D eigenvalue weighted by Gasteiger charge is -2.11. The molecule has 0 saturated heterocycles. The highest BCUT2D eigenvalue weighted by Gasteiger charge is 2.16. The molecular weight excluding hydrogens is 209 g/mol. The van der Waals surface area contributed by atoms with Crippen molar-refractivity contribution in [3.05, 3.63) is 30.5 Å². The molecular formula is C10H10BNO4. The molecule has 0 fully saturated rings. The summed E-state index contributed by atoms with van der Waals surface area (Å²) in [4.78, 5) is 4.15. The van der Waals surface area contributed by atoms with E-state index < -0.39 is 7.32 Å². The Morgan fingerprint density at radius 1 is 1.25 bits per heavy atom. The third-order valence-corrected chi connectivity index (χ3v) is 2.14. The van der Waals surface area contributed by atoms with E-state index in [0.29, 0.717) is 5.75 Å². The minimum Gasteiger partial charge on any atom is -0.509 e. The van der Waals surface area contributed by atoms with Crippen molar-refractivity contribution in [3.63, 3.8) is 0 Å². The Kier molecular flexibility index (Phi) is 2.94. The van der Waals surface area contributed by atoms with Gasteiger partial charge in [0.2, 0.25) is 0 Å². The first-order valence-corrected chi connectivity index (χ1v) is 4.67. The highest BCUT2D eigenvalue weighted by Crippen LogP contribution is 2.34. The fourth-order valence-corrected chi connectivity index (χ4v) is 1.52. The minimum atomic E-state index is -1.87. The molecule has 2 N–H and O–H groups in total. The van der Waals surface area contributed by atoms with E-state index in [2.05, 4.69) is 4.98 Å². The Bertz CT molecular complexity index is 503. The van der Waals surface area contributed by atoms with E-state index in [1.165, 1.54) is 7.11 Å². The summed E-state index contributed by atoms with van der Waals surface area (Å²) in [5.41, 5.74) is 0.749. The molecule has 0 saturated carbocycles. The van der Waals surface area contributed by atoms with Crippen LogP contribution in [0, 0.1) is 0 Å². The van der Waals surface area contributed by atoms with Crippen molar-refractivity contribution in [3.8, 4) is 11.5 Å². The summed E-state index contributed by atoms with van der Waals surface area (Å²) in [6, 6.07) is 6.88. The predicted molar refractivity (Wildman–Crippen MR) is 59.1 cm³/mol. The quantitative estimate of drug-likeness (QED) is 0.739. The number of nitrogens with zero attached hydrogens (tertiary/aromatic N) is 1. The molecule has 0 spiro atoms. The Morgan fingerprint density at radius 3 is 2.75 bits per heavy atom. The predicted octanol–water partition coefficient (Wildman–Crippen LogP) is 0.592. The van der Waals surface area contributed by atoms with Crippen molar-refractivity contribution in [2.75, 3.05) is 7.11 Å². The van der Waals surface area contributed by atoms with E-state index >= 15 is 0 Å². The molecule has 2 aromatic rings. The Labute approximate surface area is 92.4 Å². The Morgan fingerprint density at radius 2 is 2.06 bits per heavy atom. The average molecular weight is 219 g/mol. The van der Waals surface area contributed by atoms with Crippen LogP contribution in [0.1, 0.15) is 0 Å². The lowest BCUT2D eigenvalue weighted by molar-refractivity contribution is 0.280. The summed E-state index contributed by atoms with van der Waals surface area (Å²) in [6.45, 7) is 0. The highest BCUT2D eigenvalue weighted by atomic mass is 16.6. The summed E-state index contributed by atoms with van der Waals surface area (Å²) in [5, 5.41) is 18.3. The SMILES string of the molecule is COc1c(OB(O)O)ccc2ncccc12. The van der Waals surface area contributed by atoms with Gasteiger partial charge in [-0.1, -0.05) is 0 Å². The zero-order valence-corrected chi connectivity index (χ0v) is 8.62. The summed E-state index contributed by atoms with van der Waals surface area (Å²) in [7, 11) is -0.388. The standard InChI is InChI=1S/C10H10BNO4/c1-15-10-7-3-2-6-12-8(7)4-5-9(10)16-11(13)14/h2-6,13-14H,1H3. The van der Waals surface area contributed by atoms with Gasteiger partial charge in [0.15, 0.2) is 5.75 Å². The van der Waals surface area contributed by atoms with Crippen LogP contribution in [-0.2, 0) is 0 Å². The normalized spacial score (nSPS) is 10.2. The molecule has 16 heavy (non-hydrogen) atoms. The minimum absolute atomic E-state index is 0.262. The van der Waals surface area contributed by atoms with Gasteiger partial charge in [0.25, 0.3) is 0 Å². The molecule has 1 heterocycles. The third kappa shape index (κ3) is 1.93. The number of rotatable bonds is 3. The van der Waals surface area contributed by atoms with Gasteiger partial charge >= 0.3 is 7.32 Å². The maximum absolute atomic E-state index is 8.76. The van der Waals surface area contributed by atoms with Crippen LogP contribution in [0.15, 0.2) is 30.5 Å². The fraction of sp³-hybridized carbons (Fsp3) is 0.100. The van der Waals surface area contributed by atoms with Gasteiger partial charge in [-0.05, 0) is 24.3 Å². The van der Waals surface area contributed by atoms with Crippen LogP contribution in [0.4, 0.5) is 0 Å². The van der Waals surface area contributed by atoms with E-state index in [4.69, 9.17) is 19.4 Å². The molecule has 5 nitrogen and oxygen atoms in total. The smallest absolute Gasteiger partial charge is 0.509 e. The van der Waals surface area contributed by atoms with Crippen LogP contribution >= 0.6 is 0 Å². The zero-order valence-electron chi connectivity index (χ0n) is 8.62. The number of aromatic nitrogens is 1. The molecule has 1 aromatic heterocycles. The number of methoxy groups -OCH3 is 1. The summed E-state index contributed by atoms with van der Waals surface area (Å²) >= 11 is 0. The van der Waals surface area contributed by atoms with Crippen LogP contribution < -0.4 is 9.39 Å². The molecule has 2 rings (SSSR count). The Hall–Kier alpha value is -1.79. The second kappa shape index (κ2) is 4.38. The lowest BCUT2D eigenvalue weighted by Crippen LogP contribution is -2.20. The number of hydrogen-bond acceptors (Lipinski definition) is 5. The van der Waals surface area contributed by atoms with Crippen molar-refractivity contribution in [1.29, 1.82) is 0 Å². The molecule has 1 aromatic carbocycles. The van der Waals surface area contributed by atoms with E-state index in [1.807, 2.05) is 6.07 Å². The molecule has 0 atom stereocenters. The van der Waals surface area contributed by atoms with Gasteiger partial charge < -0.3 is 19.4 Å². The average Bonchev–Trinajstić information content (AvgIpc) is 2.28. The lowest BCUT2D eigenvalue weighted by atomic mass is 10.1. The van der Waals surface area contributed by atoms with Crippen LogP contribution in [0.3, 0.4) is 0 Å². The number of pyridine rings is 1. The van der Waals surface area contributed by atoms with E-state index in [-0.39, 0.29) is 5.75 Å². The highest BCUT2D eigenvalue weighted by molar-refractivity contribution is 6.34. The second-order valence-corrected chi connectivity index (χ2v) is 3.11. The van der Waals surface area contributed by atoms with Gasteiger partial charge in [0.05, 0.1) is 12.6 Å². The maximum atomic E-state index is 8.76. The first-order valence-electron chi connectivity index (χ1n) is 4.67. The monoisotopic (exact) mass is 219 g/mol. The van der Waals surface area contributed by atoms with E-state index in [1.54, 1.807) is 24.4 Å². The second-order valence-electron chi connectivity index (χ2n) is 3.11. The number of hydrogen-bond donors (Lipinski definition) is 2. The fourth-order valence-electron chi connectivity index (χ4n) is 1.52. The molecule has 0 aliphatic carbocycles. The van der Waals surface area contributed by atoms with Crippen molar-refractivity contribution in [1.82, 2.24) is 4.98 Å². The Balaban J connectivity index is 2.58. The van der Waals surface area contributed by atoms with Crippen LogP contribution in [0.5, 0.6) is 11.5 Å². The van der Waals surface area contributed by atoms with Gasteiger partial charge in [-0.2, -0.15) is 0 Å². The van der Waals surface area contributed by atoms with Crippen molar-refractivity contribution in [2.24, 2.45) is 0 Å². The molecule has 0 radical (unpaired) electrons. The molecule has 0 unspecified atom stereocenters. The largest absolute Gasteiger partial charge is 0.707 e. The van der Waals surface area contributed by atoms with Crippen LogP contribution in [0.2, 0.25) is 0 Å². The molecule has 0 amide bonds. The maximum Gasteiger partial charge on any atom is 0.707 e. The van der Waals surface area contributed by atoms with E-state index in [9.17, 15) is 0 Å². The number of fused-ring (bicyclic) bond motifs is 1. The first-order chi connectivity index (χ1) is 7.72.